The van der Waals surface area contributed by atoms with Crippen molar-refractivity contribution < 1.29 is 4.79 Å². The second-order valence-electron chi connectivity index (χ2n) is 8.15. The Hall–Kier alpha value is -2.67. The molecule has 1 fully saturated rings. The number of hydrogen-bond acceptors (Lipinski definition) is 5. The summed E-state index contributed by atoms with van der Waals surface area (Å²) in [5.74, 6) is -0.369. The van der Waals surface area contributed by atoms with E-state index in [-0.39, 0.29) is 36.8 Å². The highest BCUT2D eigenvalue weighted by Crippen LogP contribution is 2.21. The molecule has 0 spiro atoms. The molecule has 7 nitrogen and oxygen atoms in total. The highest BCUT2D eigenvalue weighted by Gasteiger charge is 2.25. The van der Waals surface area contributed by atoms with Gasteiger partial charge in [-0.3, -0.25) is 23.6 Å². The van der Waals surface area contributed by atoms with Gasteiger partial charge in [0, 0.05) is 12.6 Å². The first-order chi connectivity index (χ1) is 14.4. The molecule has 0 saturated heterocycles. The molecule has 1 aliphatic rings. The van der Waals surface area contributed by atoms with Crippen LogP contribution < -0.4 is 17.0 Å². The Morgan fingerprint density at radius 1 is 1.07 bits per heavy atom. The smallest absolute Gasteiger partial charge is 0.332 e. The molecule has 1 aromatic heterocycles. The molecule has 0 radical (unpaired) electrons. The molecule has 0 amide bonds. The number of aromatic nitrogens is 2. The van der Waals surface area contributed by atoms with Crippen molar-refractivity contribution in [3.8, 4) is 0 Å². The predicted molar refractivity (Wildman–Crippen MR) is 119 cm³/mol. The van der Waals surface area contributed by atoms with Gasteiger partial charge < -0.3 is 5.73 Å². The molecule has 2 aromatic rings. The summed E-state index contributed by atoms with van der Waals surface area (Å²) < 4.78 is 2.43. The van der Waals surface area contributed by atoms with Gasteiger partial charge in [-0.1, -0.05) is 56.0 Å². The van der Waals surface area contributed by atoms with E-state index in [1.165, 1.54) is 17.4 Å². The third-order valence-corrected chi connectivity index (χ3v) is 6.09. The van der Waals surface area contributed by atoms with Gasteiger partial charge >= 0.3 is 5.69 Å². The van der Waals surface area contributed by atoms with E-state index in [2.05, 4.69) is 0 Å². The number of ketones is 1. The number of hydrogen-bond donors (Lipinski definition) is 1. The van der Waals surface area contributed by atoms with Gasteiger partial charge in [0.05, 0.1) is 13.1 Å². The third-order valence-electron chi connectivity index (χ3n) is 6.09. The van der Waals surface area contributed by atoms with E-state index in [0.29, 0.717) is 6.04 Å². The quantitative estimate of drug-likeness (QED) is 0.557. The zero-order valence-corrected chi connectivity index (χ0v) is 18.0. The first-order valence-electron chi connectivity index (χ1n) is 10.8. The van der Waals surface area contributed by atoms with Gasteiger partial charge in [-0.25, -0.2) is 4.79 Å². The number of nitrogen functional groups attached to an aromatic ring is 1. The normalized spacial score (nSPS) is 15.3. The molecule has 2 N–H and O–H groups in total. The summed E-state index contributed by atoms with van der Waals surface area (Å²) in [5, 5.41) is 0. The molecule has 3 rings (SSSR count). The number of benzene rings is 1. The number of carbonyl (C=O) groups is 1. The summed E-state index contributed by atoms with van der Waals surface area (Å²) in [6.45, 7) is 2.24. The van der Waals surface area contributed by atoms with Crippen molar-refractivity contribution in [3.05, 3.63) is 62.3 Å². The van der Waals surface area contributed by atoms with Crippen LogP contribution in [0.4, 0.5) is 5.82 Å². The maximum Gasteiger partial charge on any atom is 0.332 e. The Balaban J connectivity index is 1.94. The van der Waals surface area contributed by atoms with Crippen LogP contribution >= 0.6 is 0 Å². The minimum Gasteiger partial charge on any atom is -0.384 e. The Morgan fingerprint density at radius 2 is 1.70 bits per heavy atom. The number of likely N-dealkylation sites (N-methyl/N-ethyl adjacent to an activating group) is 1. The van der Waals surface area contributed by atoms with E-state index < -0.39 is 11.2 Å². The number of nitrogens with two attached hydrogens (primary N) is 1. The molecule has 0 atom stereocenters. The molecule has 1 saturated carbocycles. The van der Waals surface area contributed by atoms with Crippen LogP contribution in [0.1, 0.15) is 61.4 Å². The number of carbonyl (C=O) groups excluding carboxylic acids is 1. The molecule has 7 heteroatoms. The van der Waals surface area contributed by atoms with Crippen LogP contribution in [0, 0.1) is 0 Å². The lowest BCUT2D eigenvalue weighted by atomic mass is 10.1. The summed E-state index contributed by atoms with van der Waals surface area (Å²) in [7, 11) is 1.93. The zero-order chi connectivity index (χ0) is 21.7. The average molecular weight is 413 g/mol. The number of nitrogens with zero attached hydrogens (tertiary/aromatic N) is 3. The lowest BCUT2D eigenvalue weighted by Crippen LogP contribution is -2.45. The first-order valence-corrected chi connectivity index (χ1v) is 10.8. The van der Waals surface area contributed by atoms with Crippen LogP contribution in [0.3, 0.4) is 0 Å². The molecule has 0 unspecified atom stereocenters. The molecule has 1 heterocycles. The fourth-order valence-corrected chi connectivity index (χ4v) is 4.31. The Bertz CT molecular complexity index is 986. The molecule has 30 heavy (non-hydrogen) atoms. The van der Waals surface area contributed by atoms with Gasteiger partial charge in [0.1, 0.15) is 11.4 Å². The topological polar surface area (TPSA) is 90.3 Å². The summed E-state index contributed by atoms with van der Waals surface area (Å²) >= 11 is 0. The minimum absolute atomic E-state index is 0.0437. The SMILES string of the molecule is CCn1c(=O)c(C(=O)CN(C)C2CCCCCC2)c(N)n(Cc2ccccc2)c1=O. The molecule has 0 bridgehead atoms. The van der Waals surface area contributed by atoms with E-state index in [4.69, 9.17) is 5.73 Å². The van der Waals surface area contributed by atoms with Crippen LogP contribution in [-0.2, 0) is 13.1 Å². The van der Waals surface area contributed by atoms with Crippen molar-refractivity contribution >= 4 is 11.6 Å². The van der Waals surface area contributed by atoms with E-state index in [1.807, 2.05) is 42.3 Å². The van der Waals surface area contributed by atoms with Crippen LogP contribution in [0.25, 0.3) is 0 Å². The summed E-state index contributed by atoms with van der Waals surface area (Å²) in [6.07, 6.45) is 6.91. The van der Waals surface area contributed by atoms with Crippen LogP contribution in [-0.4, -0.2) is 39.5 Å². The number of anilines is 1. The van der Waals surface area contributed by atoms with Gasteiger partial charge in [-0.15, -0.1) is 0 Å². The van der Waals surface area contributed by atoms with Crippen LogP contribution in [0.5, 0.6) is 0 Å². The maximum atomic E-state index is 13.2. The zero-order valence-electron chi connectivity index (χ0n) is 18.0. The lowest BCUT2D eigenvalue weighted by molar-refractivity contribution is 0.0910. The molecular weight excluding hydrogens is 380 g/mol. The van der Waals surface area contributed by atoms with Gasteiger partial charge in [0.15, 0.2) is 5.78 Å². The predicted octanol–water partition coefficient (Wildman–Crippen LogP) is 2.50. The van der Waals surface area contributed by atoms with Crippen molar-refractivity contribution in [2.75, 3.05) is 19.3 Å². The van der Waals surface area contributed by atoms with Crippen molar-refractivity contribution in [2.24, 2.45) is 0 Å². The molecule has 1 aliphatic carbocycles. The van der Waals surface area contributed by atoms with Crippen LogP contribution in [0.15, 0.2) is 39.9 Å². The standard InChI is InChI=1S/C23H32N4O3/c1-3-26-22(29)20(19(28)16-25(2)18-13-9-4-5-10-14-18)21(24)27(23(26)30)15-17-11-7-6-8-12-17/h6-8,11-12,18H,3-5,9-10,13-16,24H2,1-2H3. The molecular formula is C23H32N4O3. The lowest BCUT2D eigenvalue weighted by Gasteiger charge is -2.26. The maximum absolute atomic E-state index is 13.2. The van der Waals surface area contributed by atoms with Gasteiger partial charge in [0.2, 0.25) is 0 Å². The van der Waals surface area contributed by atoms with E-state index in [1.54, 1.807) is 6.92 Å². The monoisotopic (exact) mass is 412 g/mol. The fourth-order valence-electron chi connectivity index (χ4n) is 4.31. The Kier molecular flexibility index (Phi) is 7.26. The van der Waals surface area contributed by atoms with Crippen molar-refractivity contribution in [1.82, 2.24) is 14.0 Å². The summed E-state index contributed by atoms with van der Waals surface area (Å²) in [5.41, 5.74) is 5.96. The largest absolute Gasteiger partial charge is 0.384 e. The molecule has 0 aliphatic heterocycles. The number of Topliss-reactive ketones (excluding diaryl/α,β-unsaturated/α-hetero) is 1. The average Bonchev–Trinajstić information content (AvgIpc) is 3.02. The first kappa shape index (κ1) is 22.0. The number of rotatable bonds is 7. The van der Waals surface area contributed by atoms with Crippen molar-refractivity contribution in [1.29, 1.82) is 0 Å². The van der Waals surface area contributed by atoms with E-state index in [0.717, 1.165) is 35.8 Å². The van der Waals surface area contributed by atoms with E-state index >= 15 is 0 Å². The van der Waals surface area contributed by atoms with Gasteiger partial charge in [-0.05, 0) is 32.4 Å². The van der Waals surface area contributed by atoms with Crippen LogP contribution in [0.2, 0.25) is 0 Å². The Labute approximate surface area is 177 Å². The highest BCUT2D eigenvalue weighted by molar-refractivity contribution is 6.01. The second kappa shape index (κ2) is 9.89. The highest BCUT2D eigenvalue weighted by atomic mass is 16.2. The second-order valence-corrected chi connectivity index (χ2v) is 8.15. The summed E-state index contributed by atoms with van der Waals surface area (Å²) in [6, 6.07) is 9.74. The van der Waals surface area contributed by atoms with Gasteiger partial charge in [-0.2, -0.15) is 0 Å². The fraction of sp³-hybridized carbons (Fsp3) is 0.522. The molecule has 1 aromatic carbocycles. The minimum atomic E-state index is -0.594. The third kappa shape index (κ3) is 4.73. The van der Waals surface area contributed by atoms with Crippen molar-refractivity contribution in [2.45, 2.75) is 64.6 Å². The Morgan fingerprint density at radius 3 is 2.30 bits per heavy atom. The van der Waals surface area contributed by atoms with Crippen molar-refractivity contribution in [3.63, 3.8) is 0 Å². The van der Waals surface area contributed by atoms with Gasteiger partial charge in [0.25, 0.3) is 5.56 Å². The van der Waals surface area contributed by atoms with E-state index in [9.17, 15) is 14.4 Å². The molecule has 162 valence electrons. The summed E-state index contributed by atoms with van der Waals surface area (Å²) in [4.78, 5) is 41.0.